The molecule has 210 valence electrons. The van der Waals surface area contributed by atoms with Crippen molar-refractivity contribution in [3.05, 3.63) is 94.0 Å². The number of hydrogen-bond donors (Lipinski definition) is 2. The number of phenolic OH excluding ortho intramolecular Hbond substituents is 1. The summed E-state index contributed by atoms with van der Waals surface area (Å²) in [4.78, 5) is 28.2. The number of rotatable bonds is 9. The van der Waals surface area contributed by atoms with Gasteiger partial charge < -0.3 is 19.7 Å². The second-order valence-electron chi connectivity index (χ2n) is 8.79. The Bertz CT molecular complexity index is 1640. The van der Waals surface area contributed by atoms with E-state index in [9.17, 15) is 19.8 Å². The molecule has 0 spiro atoms. The highest BCUT2D eigenvalue weighted by Crippen LogP contribution is 2.45. The number of hydrogen-bond acceptors (Lipinski definition) is 10. The number of aromatic nitrogens is 2. The SMILES string of the molecule is CCOc1cc(C2/C(=C(/O)c3ccc(OC)cc3)C(=O)C(=O)N2c2nnc(SCc3ccccc3Cl)s2)ccc1O. The summed E-state index contributed by atoms with van der Waals surface area (Å²) >= 11 is 8.82. The molecular weight excluding hydrogens is 586 g/mol. The number of carbonyl (C=O) groups is 2. The Morgan fingerprint density at radius 3 is 2.56 bits per heavy atom. The number of methoxy groups -OCH3 is 1. The summed E-state index contributed by atoms with van der Waals surface area (Å²) in [6.45, 7) is 2.05. The predicted molar refractivity (Wildman–Crippen MR) is 158 cm³/mol. The van der Waals surface area contributed by atoms with Gasteiger partial charge in [-0.3, -0.25) is 14.5 Å². The van der Waals surface area contributed by atoms with Gasteiger partial charge in [0, 0.05) is 16.3 Å². The van der Waals surface area contributed by atoms with Crippen molar-refractivity contribution in [1.82, 2.24) is 10.2 Å². The monoisotopic (exact) mass is 609 g/mol. The maximum absolute atomic E-state index is 13.5. The number of aliphatic hydroxyl groups excluding tert-OH is 1. The maximum Gasteiger partial charge on any atom is 0.301 e. The number of anilines is 1. The number of ketones is 1. The lowest BCUT2D eigenvalue weighted by atomic mass is 9.95. The highest BCUT2D eigenvalue weighted by Gasteiger charge is 2.48. The minimum atomic E-state index is -1.06. The molecule has 1 atom stereocenters. The summed E-state index contributed by atoms with van der Waals surface area (Å²) in [6.07, 6.45) is 0. The Hall–Kier alpha value is -4.06. The lowest BCUT2D eigenvalue weighted by Crippen LogP contribution is -2.29. The van der Waals surface area contributed by atoms with E-state index in [1.54, 1.807) is 43.3 Å². The van der Waals surface area contributed by atoms with Crippen molar-refractivity contribution in [2.75, 3.05) is 18.6 Å². The highest BCUT2D eigenvalue weighted by molar-refractivity contribution is 8.00. The average Bonchev–Trinajstić information content (AvgIpc) is 3.55. The number of carbonyl (C=O) groups excluding carboxylic acids is 2. The van der Waals surface area contributed by atoms with Crippen molar-refractivity contribution in [2.24, 2.45) is 0 Å². The largest absolute Gasteiger partial charge is 0.507 e. The van der Waals surface area contributed by atoms with Crippen molar-refractivity contribution in [3.8, 4) is 17.2 Å². The number of benzene rings is 3. The topological polar surface area (TPSA) is 122 Å². The average molecular weight is 610 g/mol. The number of amides is 1. The first kappa shape index (κ1) is 28.5. The summed E-state index contributed by atoms with van der Waals surface area (Å²) in [7, 11) is 1.52. The summed E-state index contributed by atoms with van der Waals surface area (Å²) in [5.41, 5.74) is 1.55. The smallest absolute Gasteiger partial charge is 0.301 e. The Kier molecular flexibility index (Phi) is 8.48. The van der Waals surface area contributed by atoms with Crippen LogP contribution in [-0.4, -0.2) is 45.8 Å². The molecule has 0 radical (unpaired) electrons. The van der Waals surface area contributed by atoms with E-state index in [0.29, 0.717) is 32.0 Å². The molecule has 0 saturated carbocycles. The minimum absolute atomic E-state index is 0.100. The number of ether oxygens (including phenoxy) is 2. The zero-order chi connectivity index (χ0) is 29.1. The number of phenols is 1. The van der Waals surface area contributed by atoms with Gasteiger partial charge in [0.2, 0.25) is 5.13 Å². The van der Waals surface area contributed by atoms with Gasteiger partial charge in [0.1, 0.15) is 11.5 Å². The normalized spacial score (nSPS) is 16.3. The summed E-state index contributed by atoms with van der Waals surface area (Å²) in [5.74, 6) is -0.935. The third-order valence-corrected chi connectivity index (χ3v) is 8.79. The Morgan fingerprint density at radius 2 is 1.85 bits per heavy atom. The molecule has 4 aromatic rings. The first-order valence-electron chi connectivity index (χ1n) is 12.4. The van der Waals surface area contributed by atoms with Crippen LogP contribution in [0.1, 0.15) is 29.7 Å². The van der Waals surface area contributed by atoms with Crippen LogP contribution in [-0.2, 0) is 15.3 Å². The third-order valence-electron chi connectivity index (χ3n) is 6.32. The number of thioether (sulfide) groups is 1. The van der Waals surface area contributed by atoms with Crippen LogP contribution in [0.5, 0.6) is 17.2 Å². The van der Waals surface area contributed by atoms with E-state index in [4.69, 9.17) is 21.1 Å². The number of nitrogens with zero attached hydrogens (tertiary/aromatic N) is 3. The van der Waals surface area contributed by atoms with Crippen molar-refractivity contribution in [3.63, 3.8) is 0 Å². The second kappa shape index (κ2) is 12.2. The molecule has 1 amide bonds. The van der Waals surface area contributed by atoms with Crippen molar-refractivity contribution in [2.45, 2.75) is 23.1 Å². The molecule has 1 aliphatic rings. The van der Waals surface area contributed by atoms with Gasteiger partial charge in [-0.2, -0.15) is 0 Å². The van der Waals surface area contributed by atoms with Crippen LogP contribution in [0.3, 0.4) is 0 Å². The number of aromatic hydroxyl groups is 1. The van der Waals surface area contributed by atoms with Gasteiger partial charge in [-0.15, -0.1) is 10.2 Å². The number of halogens is 1. The molecule has 0 aliphatic carbocycles. The van der Waals surface area contributed by atoms with Crippen LogP contribution in [0, 0.1) is 0 Å². The van der Waals surface area contributed by atoms with Gasteiger partial charge in [-0.25, -0.2) is 0 Å². The van der Waals surface area contributed by atoms with Crippen LogP contribution >= 0.6 is 34.7 Å². The standard InChI is InChI=1S/C29H24ClN3O6S2/c1-3-39-22-14-17(10-13-21(22)34)24-23(25(35)16-8-11-19(38-2)12-9-16)26(36)27(37)33(24)28-31-32-29(41-28)40-15-18-6-4-5-7-20(18)30/h4-14,24,34-35H,3,15H2,1-2H3/b25-23-. The van der Waals surface area contributed by atoms with Crippen molar-refractivity contribution >= 4 is 57.3 Å². The third kappa shape index (κ3) is 5.74. The van der Waals surface area contributed by atoms with Gasteiger partial charge in [0.25, 0.3) is 5.78 Å². The van der Waals surface area contributed by atoms with Gasteiger partial charge in [-0.1, -0.05) is 59.0 Å². The molecule has 12 heteroatoms. The summed E-state index contributed by atoms with van der Waals surface area (Å²) in [6, 6.07) is 17.4. The van der Waals surface area contributed by atoms with Crippen LogP contribution in [0.25, 0.3) is 5.76 Å². The van der Waals surface area contributed by atoms with Crippen LogP contribution in [0.4, 0.5) is 5.13 Å². The fourth-order valence-corrected chi connectivity index (χ4v) is 6.49. The molecule has 9 nitrogen and oxygen atoms in total. The number of aliphatic hydroxyl groups is 1. The predicted octanol–water partition coefficient (Wildman–Crippen LogP) is 6.22. The van der Waals surface area contributed by atoms with E-state index in [-0.39, 0.29) is 34.6 Å². The van der Waals surface area contributed by atoms with E-state index in [0.717, 1.165) is 16.9 Å². The van der Waals surface area contributed by atoms with Gasteiger partial charge >= 0.3 is 5.91 Å². The van der Waals surface area contributed by atoms with E-state index in [2.05, 4.69) is 10.2 Å². The first-order valence-corrected chi connectivity index (χ1v) is 14.6. The Labute approximate surface area is 249 Å². The van der Waals surface area contributed by atoms with E-state index in [1.807, 2.05) is 18.2 Å². The van der Waals surface area contributed by atoms with E-state index < -0.39 is 17.7 Å². The molecule has 1 aliphatic heterocycles. The first-order chi connectivity index (χ1) is 19.8. The Morgan fingerprint density at radius 1 is 1.10 bits per heavy atom. The molecule has 1 unspecified atom stereocenters. The molecule has 5 rings (SSSR count). The lowest BCUT2D eigenvalue weighted by molar-refractivity contribution is -0.132. The number of Topliss-reactive ketones (excluding diaryl/α,β-unsaturated/α-hetero) is 1. The zero-order valence-corrected chi connectivity index (χ0v) is 24.3. The lowest BCUT2D eigenvalue weighted by Gasteiger charge is -2.23. The highest BCUT2D eigenvalue weighted by atomic mass is 35.5. The molecule has 1 saturated heterocycles. The summed E-state index contributed by atoms with van der Waals surface area (Å²) < 4.78 is 11.3. The molecule has 0 bridgehead atoms. The Balaban J connectivity index is 1.57. The van der Waals surface area contributed by atoms with Gasteiger partial charge in [0.15, 0.2) is 15.8 Å². The fraction of sp³-hybridized carbons (Fsp3) is 0.172. The second-order valence-corrected chi connectivity index (χ2v) is 11.4. The molecule has 2 heterocycles. The maximum atomic E-state index is 13.5. The molecule has 2 N–H and O–H groups in total. The van der Waals surface area contributed by atoms with E-state index in [1.165, 1.54) is 35.9 Å². The molecule has 41 heavy (non-hydrogen) atoms. The minimum Gasteiger partial charge on any atom is -0.507 e. The fourth-order valence-electron chi connectivity index (χ4n) is 4.33. The van der Waals surface area contributed by atoms with Crippen LogP contribution in [0.15, 0.2) is 76.6 Å². The van der Waals surface area contributed by atoms with Crippen molar-refractivity contribution < 1.29 is 29.3 Å². The molecular formula is C29H24ClN3O6S2. The van der Waals surface area contributed by atoms with Crippen LogP contribution < -0.4 is 14.4 Å². The summed E-state index contributed by atoms with van der Waals surface area (Å²) in [5, 5.41) is 30.9. The van der Waals surface area contributed by atoms with Gasteiger partial charge in [0.05, 0.1) is 25.3 Å². The quantitative estimate of drug-likeness (QED) is 0.0748. The zero-order valence-electron chi connectivity index (χ0n) is 21.9. The molecule has 1 fully saturated rings. The van der Waals surface area contributed by atoms with Crippen molar-refractivity contribution in [1.29, 1.82) is 0 Å². The molecule has 3 aromatic carbocycles. The van der Waals surface area contributed by atoms with Crippen LogP contribution in [0.2, 0.25) is 5.02 Å². The van der Waals surface area contributed by atoms with Gasteiger partial charge in [-0.05, 0) is 60.5 Å². The molecule has 1 aromatic heterocycles. The van der Waals surface area contributed by atoms with E-state index >= 15 is 0 Å².